The molecule has 17 heavy (non-hydrogen) atoms. The first-order valence-electron chi connectivity index (χ1n) is 5.99. The van der Waals surface area contributed by atoms with Crippen LogP contribution in [-0.4, -0.2) is 25.2 Å². The molecule has 0 spiro atoms. The maximum absolute atomic E-state index is 13.1. The highest BCUT2D eigenvalue weighted by Crippen LogP contribution is 2.29. The third-order valence-corrected chi connectivity index (χ3v) is 4.14. The molecule has 2 rings (SSSR count). The van der Waals surface area contributed by atoms with Gasteiger partial charge in [-0.1, -0.05) is 6.92 Å². The van der Waals surface area contributed by atoms with E-state index in [1.165, 1.54) is 12.1 Å². The van der Waals surface area contributed by atoms with E-state index in [0.29, 0.717) is 0 Å². The third-order valence-electron chi connectivity index (χ3n) is 3.50. The van der Waals surface area contributed by atoms with Crippen molar-refractivity contribution < 1.29 is 4.39 Å². The van der Waals surface area contributed by atoms with Gasteiger partial charge in [-0.2, -0.15) is 0 Å². The van der Waals surface area contributed by atoms with Crippen molar-refractivity contribution in [2.45, 2.75) is 25.8 Å². The van der Waals surface area contributed by atoms with Crippen LogP contribution in [0.3, 0.4) is 0 Å². The molecule has 0 amide bonds. The lowest BCUT2D eigenvalue weighted by Gasteiger charge is -2.42. The standard InChI is InChI=1S/C13H18BrFN2/c1-3-13(2)9-17(7-6-16-13)12-5-4-10(15)8-11(12)14/h4-5,8,16H,3,6-7,9H2,1-2H3. The Hall–Kier alpha value is -0.610. The zero-order valence-electron chi connectivity index (χ0n) is 10.3. The van der Waals surface area contributed by atoms with E-state index in [0.717, 1.165) is 36.2 Å². The van der Waals surface area contributed by atoms with Crippen LogP contribution in [0, 0.1) is 5.82 Å². The molecule has 1 aliphatic heterocycles. The minimum Gasteiger partial charge on any atom is -0.368 e. The van der Waals surface area contributed by atoms with Crippen molar-refractivity contribution in [3.63, 3.8) is 0 Å². The Morgan fingerprint density at radius 2 is 2.29 bits per heavy atom. The van der Waals surface area contributed by atoms with E-state index in [2.05, 4.69) is 40.0 Å². The second-order valence-electron chi connectivity index (χ2n) is 4.86. The molecule has 1 unspecified atom stereocenters. The Bertz CT molecular complexity index is 410. The van der Waals surface area contributed by atoms with Gasteiger partial charge < -0.3 is 10.2 Å². The number of nitrogens with zero attached hydrogens (tertiary/aromatic N) is 1. The van der Waals surface area contributed by atoms with Crippen molar-refractivity contribution in [1.82, 2.24) is 5.32 Å². The number of hydrogen-bond acceptors (Lipinski definition) is 2. The van der Waals surface area contributed by atoms with Gasteiger partial charge in [-0.3, -0.25) is 0 Å². The van der Waals surface area contributed by atoms with Crippen molar-refractivity contribution >= 4 is 21.6 Å². The van der Waals surface area contributed by atoms with Gasteiger partial charge in [0.05, 0.1) is 5.69 Å². The molecule has 0 radical (unpaired) electrons. The molecular formula is C13H18BrFN2. The van der Waals surface area contributed by atoms with Crippen molar-refractivity contribution in [3.05, 3.63) is 28.5 Å². The summed E-state index contributed by atoms with van der Waals surface area (Å²) in [7, 11) is 0. The molecule has 1 saturated heterocycles. The van der Waals surface area contributed by atoms with Gasteiger partial charge in [-0.15, -0.1) is 0 Å². The monoisotopic (exact) mass is 300 g/mol. The van der Waals surface area contributed by atoms with Crippen LogP contribution in [-0.2, 0) is 0 Å². The molecule has 1 aromatic carbocycles. The fourth-order valence-corrected chi connectivity index (χ4v) is 2.83. The summed E-state index contributed by atoms with van der Waals surface area (Å²) in [5.74, 6) is -0.200. The highest BCUT2D eigenvalue weighted by molar-refractivity contribution is 9.10. The highest BCUT2D eigenvalue weighted by atomic mass is 79.9. The molecular weight excluding hydrogens is 283 g/mol. The van der Waals surface area contributed by atoms with Gasteiger partial charge in [0.1, 0.15) is 5.82 Å². The summed E-state index contributed by atoms with van der Waals surface area (Å²) < 4.78 is 13.9. The van der Waals surface area contributed by atoms with Crippen LogP contribution in [0.5, 0.6) is 0 Å². The Morgan fingerprint density at radius 3 is 2.94 bits per heavy atom. The van der Waals surface area contributed by atoms with E-state index in [1.54, 1.807) is 0 Å². The Labute approximate surface area is 110 Å². The maximum atomic E-state index is 13.1. The van der Waals surface area contributed by atoms with E-state index in [-0.39, 0.29) is 11.4 Å². The van der Waals surface area contributed by atoms with Crippen molar-refractivity contribution in [2.75, 3.05) is 24.5 Å². The van der Waals surface area contributed by atoms with E-state index >= 15 is 0 Å². The van der Waals surface area contributed by atoms with Gasteiger partial charge in [0, 0.05) is 29.6 Å². The molecule has 1 N–H and O–H groups in total. The summed E-state index contributed by atoms with van der Waals surface area (Å²) in [5, 5.41) is 3.54. The SMILES string of the molecule is CCC1(C)CN(c2ccc(F)cc2Br)CCN1. The molecule has 2 nitrogen and oxygen atoms in total. The van der Waals surface area contributed by atoms with Crippen molar-refractivity contribution in [2.24, 2.45) is 0 Å². The van der Waals surface area contributed by atoms with E-state index < -0.39 is 0 Å². The number of rotatable bonds is 2. The van der Waals surface area contributed by atoms with Gasteiger partial charge >= 0.3 is 0 Å². The van der Waals surface area contributed by atoms with E-state index in [4.69, 9.17) is 0 Å². The largest absolute Gasteiger partial charge is 0.368 e. The summed E-state index contributed by atoms with van der Waals surface area (Å²) >= 11 is 3.44. The predicted molar refractivity (Wildman–Crippen MR) is 73.0 cm³/mol. The van der Waals surface area contributed by atoms with Gasteiger partial charge in [0.15, 0.2) is 0 Å². The maximum Gasteiger partial charge on any atom is 0.124 e. The zero-order chi connectivity index (χ0) is 12.5. The lowest BCUT2D eigenvalue weighted by molar-refractivity contribution is 0.314. The molecule has 1 aromatic rings. The topological polar surface area (TPSA) is 15.3 Å². The lowest BCUT2D eigenvalue weighted by atomic mass is 9.95. The van der Waals surface area contributed by atoms with Crippen LogP contribution in [0.4, 0.5) is 10.1 Å². The lowest BCUT2D eigenvalue weighted by Crippen LogP contribution is -2.58. The van der Waals surface area contributed by atoms with Gasteiger partial charge in [-0.25, -0.2) is 4.39 Å². The van der Waals surface area contributed by atoms with Gasteiger partial charge in [-0.05, 0) is 47.5 Å². The number of halogens is 2. The van der Waals surface area contributed by atoms with E-state index in [1.807, 2.05) is 6.07 Å². The highest BCUT2D eigenvalue weighted by Gasteiger charge is 2.29. The van der Waals surface area contributed by atoms with Crippen LogP contribution in [0.2, 0.25) is 0 Å². The normalized spacial score (nSPS) is 25.1. The first-order chi connectivity index (χ1) is 8.04. The van der Waals surface area contributed by atoms with Crippen molar-refractivity contribution in [3.8, 4) is 0 Å². The van der Waals surface area contributed by atoms with Crippen LogP contribution in [0.25, 0.3) is 0 Å². The Kier molecular flexibility index (Phi) is 3.73. The number of benzene rings is 1. The van der Waals surface area contributed by atoms with Crippen LogP contribution in [0.15, 0.2) is 22.7 Å². The summed E-state index contributed by atoms with van der Waals surface area (Å²) in [6, 6.07) is 4.90. The molecule has 1 aliphatic rings. The van der Waals surface area contributed by atoms with Gasteiger partial charge in [0.25, 0.3) is 0 Å². The minimum absolute atomic E-state index is 0.145. The minimum atomic E-state index is -0.200. The number of hydrogen-bond donors (Lipinski definition) is 1. The Morgan fingerprint density at radius 1 is 1.53 bits per heavy atom. The molecule has 1 fully saturated rings. The fraction of sp³-hybridized carbons (Fsp3) is 0.538. The number of piperazine rings is 1. The second-order valence-corrected chi connectivity index (χ2v) is 5.71. The number of nitrogens with one attached hydrogen (secondary N) is 1. The molecule has 0 bridgehead atoms. The molecule has 0 saturated carbocycles. The van der Waals surface area contributed by atoms with Crippen LogP contribution >= 0.6 is 15.9 Å². The summed E-state index contributed by atoms with van der Waals surface area (Å²) in [6.45, 7) is 7.30. The fourth-order valence-electron chi connectivity index (χ4n) is 2.23. The van der Waals surface area contributed by atoms with Crippen LogP contribution in [0.1, 0.15) is 20.3 Å². The number of anilines is 1. The summed E-state index contributed by atoms with van der Waals surface area (Å²) in [4.78, 5) is 2.31. The summed E-state index contributed by atoms with van der Waals surface area (Å²) in [6.07, 6.45) is 1.09. The third kappa shape index (κ3) is 2.80. The molecule has 1 atom stereocenters. The zero-order valence-corrected chi connectivity index (χ0v) is 11.8. The molecule has 0 aliphatic carbocycles. The molecule has 4 heteroatoms. The first kappa shape index (κ1) is 12.8. The second kappa shape index (κ2) is 4.94. The molecule has 0 aromatic heterocycles. The van der Waals surface area contributed by atoms with Gasteiger partial charge in [0.2, 0.25) is 0 Å². The predicted octanol–water partition coefficient (Wildman–Crippen LogP) is 3.17. The van der Waals surface area contributed by atoms with Crippen molar-refractivity contribution in [1.29, 1.82) is 0 Å². The quantitative estimate of drug-likeness (QED) is 0.902. The average Bonchev–Trinajstić information content (AvgIpc) is 2.29. The molecule has 1 heterocycles. The van der Waals surface area contributed by atoms with E-state index in [9.17, 15) is 4.39 Å². The average molecular weight is 301 g/mol. The van der Waals surface area contributed by atoms with Crippen LogP contribution < -0.4 is 10.2 Å². The Balaban J connectivity index is 2.22. The molecule has 94 valence electrons. The first-order valence-corrected chi connectivity index (χ1v) is 6.78. The smallest absolute Gasteiger partial charge is 0.124 e. The summed E-state index contributed by atoms with van der Waals surface area (Å²) in [5.41, 5.74) is 1.22.